The fourth-order valence-corrected chi connectivity index (χ4v) is 1.82. The molecule has 0 aliphatic carbocycles. The smallest absolute Gasteiger partial charge is 0.107 e. The summed E-state index contributed by atoms with van der Waals surface area (Å²) in [6.07, 6.45) is 2.95. The highest BCUT2D eigenvalue weighted by atomic mass is 16.3. The van der Waals surface area contributed by atoms with Crippen LogP contribution in [0, 0.1) is 13.8 Å². The molecule has 1 unspecified atom stereocenters. The van der Waals surface area contributed by atoms with Gasteiger partial charge in [-0.15, -0.1) is 0 Å². The topological polar surface area (TPSA) is 38.1 Å². The summed E-state index contributed by atoms with van der Waals surface area (Å²) in [5.74, 6) is 0. The Kier molecular flexibility index (Phi) is 2.79. The molecule has 2 rings (SSSR count). The zero-order valence-corrected chi connectivity index (χ0v) is 9.81. The molecule has 16 heavy (non-hydrogen) atoms. The minimum Gasteiger partial charge on any atom is -0.384 e. The molecule has 3 nitrogen and oxygen atoms in total. The number of aliphatic hydroxyl groups is 1. The van der Waals surface area contributed by atoms with E-state index in [2.05, 4.69) is 11.2 Å². The Labute approximate surface area is 95.3 Å². The van der Waals surface area contributed by atoms with E-state index in [1.54, 1.807) is 10.9 Å². The summed E-state index contributed by atoms with van der Waals surface area (Å²) in [5, 5.41) is 14.3. The van der Waals surface area contributed by atoms with Gasteiger partial charge in [0.2, 0.25) is 0 Å². The van der Waals surface area contributed by atoms with Gasteiger partial charge < -0.3 is 5.11 Å². The van der Waals surface area contributed by atoms with Gasteiger partial charge in [0.15, 0.2) is 0 Å². The average molecular weight is 216 g/mol. The molecule has 0 radical (unpaired) electrons. The van der Waals surface area contributed by atoms with Crippen LogP contribution in [0.3, 0.4) is 0 Å². The third-order valence-electron chi connectivity index (χ3n) is 2.77. The number of benzene rings is 1. The van der Waals surface area contributed by atoms with Gasteiger partial charge in [-0.1, -0.05) is 23.8 Å². The Balaban J connectivity index is 2.40. The Hall–Kier alpha value is -1.61. The number of aromatic nitrogens is 2. The fourth-order valence-electron chi connectivity index (χ4n) is 1.82. The van der Waals surface area contributed by atoms with Crippen molar-refractivity contribution in [1.82, 2.24) is 9.78 Å². The minimum atomic E-state index is -0.589. The van der Waals surface area contributed by atoms with Crippen molar-refractivity contribution in [2.45, 2.75) is 20.0 Å². The highest BCUT2D eigenvalue weighted by molar-refractivity contribution is 5.36. The highest BCUT2D eigenvalue weighted by Crippen LogP contribution is 2.25. The Morgan fingerprint density at radius 3 is 2.69 bits per heavy atom. The molecule has 1 atom stereocenters. The minimum absolute atomic E-state index is 0.589. The van der Waals surface area contributed by atoms with Crippen molar-refractivity contribution in [3.05, 3.63) is 52.8 Å². The number of hydrogen-bond acceptors (Lipinski definition) is 2. The third kappa shape index (κ3) is 1.99. The largest absolute Gasteiger partial charge is 0.384 e. The van der Waals surface area contributed by atoms with Gasteiger partial charge in [0.25, 0.3) is 0 Å². The maximum Gasteiger partial charge on any atom is 0.107 e. The summed E-state index contributed by atoms with van der Waals surface area (Å²) in [6, 6.07) is 6.10. The maximum absolute atomic E-state index is 10.3. The second-order valence-corrected chi connectivity index (χ2v) is 4.21. The summed E-state index contributed by atoms with van der Waals surface area (Å²) < 4.78 is 1.70. The first-order valence-electron chi connectivity index (χ1n) is 5.31. The van der Waals surface area contributed by atoms with E-state index < -0.39 is 6.10 Å². The molecule has 0 saturated heterocycles. The molecule has 0 saturated carbocycles. The molecule has 1 N–H and O–H groups in total. The lowest BCUT2D eigenvalue weighted by Gasteiger charge is -2.12. The predicted octanol–water partition coefficient (Wildman–Crippen LogP) is 2.12. The van der Waals surface area contributed by atoms with Crippen LogP contribution >= 0.6 is 0 Å². The number of nitrogens with zero attached hydrogens (tertiary/aromatic N) is 2. The van der Waals surface area contributed by atoms with E-state index in [0.717, 1.165) is 22.3 Å². The van der Waals surface area contributed by atoms with Crippen molar-refractivity contribution in [3.8, 4) is 0 Å². The summed E-state index contributed by atoms with van der Waals surface area (Å²) in [7, 11) is 1.85. The second kappa shape index (κ2) is 4.10. The number of rotatable bonds is 2. The van der Waals surface area contributed by atoms with Gasteiger partial charge in [0.05, 0.1) is 6.20 Å². The Morgan fingerprint density at radius 1 is 1.31 bits per heavy atom. The lowest BCUT2D eigenvalue weighted by atomic mass is 9.98. The number of aliphatic hydroxyl groups excluding tert-OH is 1. The highest BCUT2D eigenvalue weighted by Gasteiger charge is 2.14. The van der Waals surface area contributed by atoms with E-state index in [1.807, 2.05) is 39.2 Å². The molecule has 84 valence electrons. The van der Waals surface area contributed by atoms with E-state index in [1.165, 1.54) is 0 Å². The molecule has 1 heterocycles. The Bertz CT molecular complexity index is 502. The SMILES string of the molecule is Cc1ccc(C)c(C(O)c2cnn(C)c2)c1. The zero-order chi connectivity index (χ0) is 11.7. The van der Waals surface area contributed by atoms with Gasteiger partial charge in [-0.3, -0.25) is 4.68 Å². The molecular weight excluding hydrogens is 200 g/mol. The summed E-state index contributed by atoms with van der Waals surface area (Å²) in [6.45, 7) is 4.03. The van der Waals surface area contributed by atoms with Crippen LogP contribution in [-0.4, -0.2) is 14.9 Å². The maximum atomic E-state index is 10.3. The lowest BCUT2D eigenvalue weighted by molar-refractivity contribution is 0.219. The number of aryl methyl sites for hydroxylation is 3. The lowest BCUT2D eigenvalue weighted by Crippen LogP contribution is -2.01. The van der Waals surface area contributed by atoms with Gasteiger partial charge in [0.1, 0.15) is 6.10 Å². The van der Waals surface area contributed by atoms with Crippen molar-refractivity contribution < 1.29 is 5.11 Å². The first kappa shape index (κ1) is 10.9. The van der Waals surface area contributed by atoms with E-state index in [4.69, 9.17) is 0 Å². The molecule has 1 aromatic heterocycles. The van der Waals surface area contributed by atoms with Crippen molar-refractivity contribution in [1.29, 1.82) is 0 Å². The first-order valence-corrected chi connectivity index (χ1v) is 5.31. The van der Waals surface area contributed by atoms with Gasteiger partial charge in [-0.2, -0.15) is 5.10 Å². The molecule has 0 aliphatic rings. The van der Waals surface area contributed by atoms with Crippen LogP contribution < -0.4 is 0 Å². The predicted molar refractivity (Wildman–Crippen MR) is 63.2 cm³/mol. The van der Waals surface area contributed by atoms with Crippen molar-refractivity contribution in [3.63, 3.8) is 0 Å². The third-order valence-corrected chi connectivity index (χ3v) is 2.77. The van der Waals surface area contributed by atoms with Gasteiger partial charge in [-0.05, 0) is 25.0 Å². The second-order valence-electron chi connectivity index (χ2n) is 4.21. The van der Waals surface area contributed by atoms with Crippen LogP contribution in [0.1, 0.15) is 28.4 Å². The molecule has 0 aliphatic heterocycles. The summed E-state index contributed by atoms with van der Waals surface area (Å²) in [5.41, 5.74) is 4.04. The fraction of sp³-hybridized carbons (Fsp3) is 0.308. The van der Waals surface area contributed by atoms with Crippen molar-refractivity contribution in [2.24, 2.45) is 7.05 Å². The normalized spacial score (nSPS) is 12.8. The van der Waals surface area contributed by atoms with Crippen LogP contribution in [0.2, 0.25) is 0 Å². The van der Waals surface area contributed by atoms with Crippen LogP contribution in [-0.2, 0) is 7.05 Å². The number of hydrogen-bond donors (Lipinski definition) is 1. The Morgan fingerprint density at radius 2 is 2.06 bits per heavy atom. The molecular formula is C13H16N2O. The molecule has 0 fully saturated rings. The molecule has 0 amide bonds. The standard InChI is InChI=1S/C13H16N2O/c1-9-4-5-10(2)12(6-9)13(16)11-7-14-15(3)8-11/h4-8,13,16H,1-3H3. The van der Waals surface area contributed by atoms with Gasteiger partial charge >= 0.3 is 0 Å². The van der Waals surface area contributed by atoms with E-state index in [9.17, 15) is 5.11 Å². The van der Waals surface area contributed by atoms with E-state index >= 15 is 0 Å². The van der Waals surface area contributed by atoms with E-state index in [-0.39, 0.29) is 0 Å². The molecule has 1 aromatic carbocycles. The van der Waals surface area contributed by atoms with Crippen molar-refractivity contribution in [2.75, 3.05) is 0 Å². The molecule has 0 bridgehead atoms. The van der Waals surface area contributed by atoms with Crippen molar-refractivity contribution >= 4 is 0 Å². The van der Waals surface area contributed by atoms with Crippen LogP contribution in [0.4, 0.5) is 0 Å². The molecule has 3 heteroatoms. The zero-order valence-electron chi connectivity index (χ0n) is 9.81. The first-order chi connectivity index (χ1) is 7.58. The van der Waals surface area contributed by atoms with Crippen LogP contribution in [0.15, 0.2) is 30.6 Å². The van der Waals surface area contributed by atoms with Crippen LogP contribution in [0.5, 0.6) is 0 Å². The molecule has 0 spiro atoms. The van der Waals surface area contributed by atoms with Gasteiger partial charge in [0, 0.05) is 18.8 Å². The summed E-state index contributed by atoms with van der Waals surface area (Å²) >= 11 is 0. The quantitative estimate of drug-likeness (QED) is 0.835. The average Bonchev–Trinajstić information content (AvgIpc) is 2.67. The van der Waals surface area contributed by atoms with E-state index in [0.29, 0.717) is 0 Å². The monoisotopic (exact) mass is 216 g/mol. The van der Waals surface area contributed by atoms with Gasteiger partial charge in [-0.25, -0.2) is 0 Å². The van der Waals surface area contributed by atoms with Crippen LogP contribution in [0.25, 0.3) is 0 Å². The summed E-state index contributed by atoms with van der Waals surface area (Å²) in [4.78, 5) is 0. The molecule has 2 aromatic rings.